The number of hydrogen-bond acceptors (Lipinski definition) is 6. The zero-order chi connectivity index (χ0) is 21.8. The smallest absolute Gasteiger partial charge is 0.257 e. The molecule has 0 saturated carbocycles. The van der Waals surface area contributed by atoms with E-state index in [2.05, 4.69) is 0 Å². The maximum atomic E-state index is 14.3. The van der Waals surface area contributed by atoms with Gasteiger partial charge >= 0.3 is 0 Å². The molecule has 3 fully saturated rings. The van der Waals surface area contributed by atoms with Crippen LogP contribution in [-0.2, 0) is 19.0 Å². The Kier molecular flexibility index (Phi) is 7.16. The van der Waals surface area contributed by atoms with Gasteiger partial charge in [0, 0.05) is 19.6 Å². The summed E-state index contributed by atoms with van der Waals surface area (Å²) >= 11 is 0. The highest BCUT2D eigenvalue weighted by molar-refractivity contribution is 5.94. The van der Waals surface area contributed by atoms with E-state index < -0.39 is 23.9 Å². The van der Waals surface area contributed by atoms with Crippen LogP contribution < -0.4 is 0 Å². The first kappa shape index (κ1) is 22.1. The molecule has 3 saturated heterocycles. The first-order chi connectivity index (χ1) is 15.0. The number of nitrogens with zero attached hydrogens (tertiary/aromatic N) is 2. The largest absolute Gasteiger partial charge is 0.389 e. The number of fused-ring (bicyclic) bond motifs is 1. The summed E-state index contributed by atoms with van der Waals surface area (Å²) in [6, 6.07) is 5.48. The molecule has 170 valence electrons. The van der Waals surface area contributed by atoms with Gasteiger partial charge in [0.05, 0.1) is 56.7 Å². The first-order valence-electron chi connectivity index (χ1n) is 10.8. The van der Waals surface area contributed by atoms with Gasteiger partial charge in [-0.25, -0.2) is 4.39 Å². The van der Waals surface area contributed by atoms with E-state index in [9.17, 15) is 19.1 Å². The van der Waals surface area contributed by atoms with Gasteiger partial charge in [-0.15, -0.1) is 0 Å². The minimum atomic E-state index is -0.864. The Morgan fingerprint density at radius 3 is 2.65 bits per heavy atom. The fourth-order valence-corrected chi connectivity index (χ4v) is 4.50. The molecule has 4 rings (SSSR count). The van der Waals surface area contributed by atoms with Gasteiger partial charge in [0.15, 0.2) is 0 Å². The van der Waals surface area contributed by atoms with Crippen molar-refractivity contribution in [1.82, 2.24) is 9.80 Å². The van der Waals surface area contributed by atoms with Crippen molar-refractivity contribution in [1.29, 1.82) is 0 Å². The summed E-state index contributed by atoms with van der Waals surface area (Å²) in [5.74, 6) is -1.03. The highest BCUT2D eigenvalue weighted by Gasteiger charge is 2.41. The Bertz CT molecular complexity index is 787. The summed E-state index contributed by atoms with van der Waals surface area (Å²) in [4.78, 5) is 29.1. The normalized spacial score (nSPS) is 29.6. The lowest BCUT2D eigenvalue weighted by atomic mass is 9.94. The zero-order valence-corrected chi connectivity index (χ0v) is 17.5. The van der Waals surface area contributed by atoms with Crippen LogP contribution >= 0.6 is 0 Å². The molecule has 4 atom stereocenters. The Balaban J connectivity index is 1.46. The van der Waals surface area contributed by atoms with Crippen molar-refractivity contribution in [2.75, 3.05) is 46.1 Å². The molecule has 3 aliphatic rings. The van der Waals surface area contributed by atoms with Crippen molar-refractivity contribution in [2.24, 2.45) is 0 Å². The second kappa shape index (κ2) is 10.0. The molecule has 31 heavy (non-hydrogen) atoms. The van der Waals surface area contributed by atoms with Crippen LogP contribution in [0.1, 0.15) is 29.6 Å². The minimum Gasteiger partial charge on any atom is -0.389 e. The summed E-state index contributed by atoms with van der Waals surface area (Å²) in [6.45, 7) is 2.56. The third kappa shape index (κ3) is 5.23. The number of carbonyl (C=O) groups excluding carboxylic acids is 2. The molecular weight excluding hydrogens is 407 g/mol. The molecule has 1 N–H and O–H groups in total. The standard InChI is InChI=1S/C22H29FN2O6/c23-18-4-2-1-3-17(18)22(28)25-12-15(26)13-30-14-20-19(25)6-5-16(31-20)11-21(27)24-7-9-29-10-8-24/h1-4,15-16,19-20,26H,5-14H2/t15-,16+,19-,20+/m1/s1. The number of morpholine rings is 1. The van der Waals surface area contributed by atoms with Crippen LogP contribution in [-0.4, -0.2) is 97.1 Å². The van der Waals surface area contributed by atoms with Gasteiger partial charge in [0.25, 0.3) is 5.91 Å². The van der Waals surface area contributed by atoms with Crippen molar-refractivity contribution in [3.05, 3.63) is 35.6 Å². The van der Waals surface area contributed by atoms with E-state index in [4.69, 9.17) is 14.2 Å². The van der Waals surface area contributed by atoms with Gasteiger partial charge in [-0.1, -0.05) is 12.1 Å². The lowest BCUT2D eigenvalue weighted by Crippen LogP contribution is -2.57. The van der Waals surface area contributed by atoms with Crippen LogP contribution in [0.3, 0.4) is 0 Å². The van der Waals surface area contributed by atoms with Crippen LogP contribution in [0.4, 0.5) is 4.39 Å². The molecule has 8 nitrogen and oxygen atoms in total. The van der Waals surface area contributed by atoms with Crippen LogP contribution in [0.15, 0.2) is 24.3 Å². The Labute approximate surface area is 180 Å². The number of aliphatic hydroxyl groups is 1. The van der Waals surface area contributed by atoms with Gasteiger partial charge in [-0.3, -0.25) is 9.59 Å². The summed E-state index contributed by atoms with van der Waals surface area (Å²) in [6.07, 6.45) is -0.129. The van der Waals surface area contributed by atoms with Gasteiger partial charge in [0.1, 0.15) is 11.9 Å². The van der Waals surface area contributed by atoms with Crippen molar-refractivity contribution in [3.63, 3.8) is 0 Å². The number of aliphatic hydroxyl groups excluding tert-OH is 1. The molecule has 2 amide bonds. The second-order valence-corrected chi connectivity index (χ2v) is 8.27. The summed E-state index contributed by atoms with van der Waals surface area (Å²) in [5.41, 5.74) is -0.0282. The number of rotatable bonds is 3. The van der Waals surface area contributed by atoms with Crippen LogP contribution in [0.5, 0.6) is 0 Å². The number of benzene rings is 1. The Morgan fingerprint density at radius 1 is 1.10 bits per heavy atom. The van der Waals surface area contributed by atoms with Crippen molar-refractivity contribution < 1.29 is 33.3 Å². The van der Waals surface area contributed by atoms with Crippen LogP contribution in [0.2, 0.25) is 0 Å². The van der Waals surface area contributed by atoms with E-state index >= 15 is 0 Å². The minimum absolute atomic E-state index is 0.0282. The molecule has 0 radical (unpaired) electrons. The Morgan fingerprint density at radius 2 is 1.87 bits per heavy atom. The van der Waals surface area contributed by atoms with Gasteiger partial charge < -0.3 is 29.1 Å². The monoisotopic (exact) mass is 436 g/mol. The fraction of sp³-hybridized carbons (Fsp3) is 0.636. The molecule has 0 aromatic heterocycles. The topological polar surface area (TPSA) is 88.5 Å². The van der Waals surface area contributed by atoms with Crippen molar-refractivity contribution in [3.8, 4) is 0 Å². The highest BCUT2D eigenvalue weighted by Crippen LogP contribution is 2.29. The zero-order valence-electron chi connectivity index (χ0n) is 17.5. The lowest BCUT2D eigenvalue weighted by molar-refractivity contribution is -0.157. The van der Waals surface area contributed by atoms with Crippen molar-refractivity contribution >= 4 is 11.8 Å². The fourth-order valence-electron chi connectivity index (χ4n) is 4.50. The third-order valence-electron chi connectivity index (χ3n) is 6.11. The number of halogens is 1. The summed E-state index contributed by atoms with van der Waals surface area (Å²) in [5, 5.41) is 10.2. The molecule has 3 aliphatic heterocycles. The number of hydrogen-bond donors (Lipinski definition) is 1. The van der Waals surface area contributed by atoms with E-state index in [0.29, 0.717) is 39.1 Å². The molecule has 9 heteroatoms. The average molecular weight is 436 g/mol. The van der Waals surface area contributed by atoms with Crippen molar-refractivity contribution in [2.45, 2.75) is 43.6 Å². The molecule has 3 heterocycles. The molecule has 1 aromatic rings. The Hall–Kier alpha value is -2.07. The maximum absolute atomic E-state index is 14.3. The number of β-amino-alcohol motifs (C(OH)–C–C–N with tert-alkyl or cyclic N) is 1. The third-order valence-corrected chi connectivity index (χ3v) is 6.11. The average Bonchev–Trinajstić information content (AvgIpc) is 2.77. The number of amides is 2. The van der Waals surface area contributed by atoms with E-state index in [1.54, 1.807) is 11.0 Å². The summed E-state index contributed by atoms with van der Waals surface area (Å²) in [7, 11) is 0. The van der Waals surface area contributed by atoms with Crippen LogP contribution in [0, 0.1) is 5.82 Å². The molecule has 0 spiro atoms. The highest BCUT2D eigenvalue weighted by atomic mass is 19.1. The first-order valence-corrected chi connectivity index (χ1v) is 10.8. The lowest BCUT2D eigenvalue weighted by Gasteiger charge is -2.44. The summed E-state index contributed by atoms with van der Waals surface area (Å²) < 4.78 is 31.3. The molecule has 1 aromatic carbocycles. The van der Waals surface area contributed by atoms with E-state index in [1.165, 1.54) is 23.1 Å². The van der Waals surface area contributed by atoms with E-state index in [0.717, 1.165) is 0 Å². The maximum Gasteiger partial charge on any atom is 0.257 e. The number of carbonyl (C=O) groups is 2. The van der Waals surface area contributed by atoms with Gasteiger partial charge in [-0.05, 0) is 25.0 Å². The van der Waals surface area contributed by atoms with E-state index in [-0.39, 0.29) is 49.8 Å². The van der Waals surface area contributed by atoms with Crippen LogP contribution in [0.25, 0.3) is 0 Å². The second-order valence-electron chi connectivity index (χ2n) is 8.27. The number of ether oxygens (including phenoxy) is 3. The van der Waals surface area contributed by atoms with Gasteiger partial charge in [0.2, 0.25) is 5.91 Å². The predicted octanol–water partition coefficient (Wildman–Crippen LogP) is 0.824. The predicted molar refractivity (Wildman–Crippen MR) is 108 cm³/mol. The molecular formula is C22H29FN2O6. The quantitative estimate of drug-likeness (QED) is 0.755. The molecule has 0 aliphatic carbocycles. The van der Waals surface area contributed by atoms with E-state index in [1.807, 2.05) is 0 Å². The molecule has 0 bridgehead atoms. The van der Waals surface area contributed by atoms with Gasteiger partial charge in [-0.2, -0.15) is 0 Å². The molecule has 0 unspecified atom stereocenters. The SMILES string of the molecule is O=C(C[C@@H]1CC[C@@H]2[C@H](COC[C@H](O)CN2C(=O)c2ccccc2F)O1)N1CCOCC1.